The van der Waals surface area contributed by atoms with Crippen LogP contribution in [-0.4, -0.2) is 50.0 Å². The first-order valence-corrected chi connectivity index (χ1v) is 10.5. The van der Waals surface area contributed by atoms with Gasteiger partial charge in [0.25, 0.3) is 0 Å². The number of aryl methyl sites for hydroxylation is 2. The van der Waals surface area contributed by atoms with Crippen molar-refractivity contribution in [1.29, 1.82) is 0 Å². The maximum atomic E-state index is 6.71. The molecular formula is C21H25ClN8. The van der Waals surface area contributed by atoms with Crippen LogP contribution in [0.4, 0.5) is 17.3 Å². The van der Waals surface area contributed by atoms with Crippen LogP contribution in [0, 0.1) is 13.8 Å². The Morgan fingerprint density at radius 3 is 2.67 bits per heavy atom. The topological polar surface area (TPSA) is 86.2 Å². The molecule has 3 aromatic heterocycles. The zero-order chi connectivity index (χ0) is 21.0. The van der Waals surface area contributed by atoms with Gasteiger partial charge in [-0.2, -0.15) is 5.10 Å². The van der Waals surface area contributed by atoms with Gasteiger partial charge in [-0.1, -0.05) is 11.6 Å². The maximum absolute atomic E-state index is 6.71. The lowest BCUT2D eigenvalue weighted by Gasteiger charge is -2.37. The fraction of sp³-hybridized carbons (Fsp3) is 0.381. The van der Waals surface area contributed by atoms with Crippen molar-refractivity contribution in [3.8, 4) is 0 Å². The fourth-order valence-electron chi connectivity index (χ4n) is 4.38. The van der Waals surface area contributed by atoms with Crippen molar-refractivity contribution in [2.75, 3.05) is 23.3 Å². The first-order chi connectivity index (χ1) is 14.4. The molecule has 1 aliphatic rings. The van der Waals surface area contributed by atoms with Crippen molar-refractivity contribution in [3.63, 3.8) is 0 Å². The molecule has 0 spiro atoms. The highest BCUT2D eigenvalue weighted by Gasteiger charge is 2.23. The van der Waals surface area contributed by atoms with Gasteiger partial charge in [-0.25, -0.2) is 4.52 Å². The molecule has 0 saturated carbocycles. The number of piperazine rings is 1. The predicted molar refractivity (Wildman–Crippen MR) is 121 cm³/mol. The second-order valence-electron chi connectivity index (χ2n) is 8.25. The van der Waals surface area contributed by atoms with Crippen molar-refractivity contribution in [2.24, 2.45) is 0 Å². The number of fused-ring (bicyclic) bond motifs is 2. The molecule has 5 rings (SSSR count). The van der Waals surface area contributed by atoms with Gasteiger partial charge in [0, 0.05) is 36.9 Å². The molecule has 0 amide bonds. The molecule has 0 bridgehead atoms. The lowest BCUT2D eigenvalue weighted by atomic mass is 10.1. The number of nitrogens with zero attached hydrogens (tertiary/aromatic N) is 5. The van der Waals surface area contributed by atoms with E-state index in [9.17, 15) is 0 Å². The molecule has 1 aliphatic heterocycles. The second-order valence-corrected chi connectivity index (χ2v) is 8.66. The van der Waals surface area contributed by atoms with Crippen LogP contribution in [0.3, 0.4) is 0 Å². The number of hydrogen-bond donors (Lipinski definition) is 3. The molecule has 4 heterocycles. The molecule has 9 heteroatoms. The minimum atomic E-state index is 0.429. The summed E-state index contributed by atoms with van der Waals surface area (Å²) in [6.07, 6.45) is 1.91. The molecule has 2 atom stereocenters. The summed E-state index contributed by atoms with van der Waals surface area (Å²) < 4.78 is 1.83. The molecule has 3 N–H and O–H groups in total. The monoisotopic (exact) mass is 424 g/mol. The maximum Gasteiger partial charge on any atom is 0.162 e. The molecule has 156 valence electrons. The van der Waals surface area contributed by atoms with Gasteiger partial charge in [-0.05, 0) is 39.8 Å². The molecule has 4 aromatic rings. The Hall–Kier alpha value is -2.84. The Labute approximate surface area is 179 Å². The summed E-state index contributed by atoms with van der Waals surface area (Å²) in [5.74, 6) is 1.36. The van der Waals surface area contributed by atoms with E-state index in [1.165, 1.54) is 0 Å². The molecule has 0 unspecified atom stereocenters. The largest absolute Gasteiger partial charge is 0.368 e. The van der Waals surface area contributed by atoms with E-state index in [-0.39, 0.29) is 0 Å². The number of halogens is 1. The molecule has 1 saturated heterocycles. The second kappa shape index (κ2) is 7.14. The van der Waals surface area contributed by atoms with Crippen molar-refractivity contribution >= 4 is 45.3 Å². The highest BCUT2D eigenvalue weighted by atomic mass is 35.5. The van der Waals surface area contributed by atoms with Crippen LogP contribution >= 0.6 is 11.6 Å². The number of aromatic nitrogens is 5. The number of nitrogens with one attached hydrogen (secondary N) is 3. The standard InChI is InChI=1S/C21H25ClN8/c1-11-8-29(9-12(2)23-11)15-5-16(22)20-17(6-15)26-27-21(20)25-19-7-18-14(4)24-13(3)10-30(18)28-19/h5-7,10-12,23H,8-9H2,1-4H3,(H2,25,26,27,28)/t11-,12+. The van der Waals surface area contributed by atoms with Crippen LogP contribution in [0.5, 0.6) is 0 Å². The van der Waals surface area contributed by atoms with Crippen LogP contribution < -0.4 is 15.5 Å². The Morgan fingerprint density at radius 1 is 1.13 bits per heavy atom. The fourth-order valence-corrected chi connectivity index (χ4v) is 4.68. The van der Waals surface area contributed by atoms with Gasteiger partial charge in [-0.15, -0.1) is 5.10 Å². The molecule has 0 radical (unpaired) electrons. The number of H-pyrrole nitrogens is 1. The van der Waals surface area contributed by atoms with E-state index >= 15 is 0 Å². The van der Waals surface area contributed by atoms with Crippen LogP contribution in [0.15, 0.2) is 24.4 Å². The van der Waals surface area contributed by atoms with E-state index < -0.39 is 0 Å². The van der Waals surface area contributed by atoms with Crippen molar-refractivity contribution in [1.82, 2.24) is 30.1 Å². The normalized spacial score (nSPS) is 19.7. The summed E-state index contributed by atoms with van der Waals surface area (Å²) in [5, 5.41) is 20.6. The van der Waals surface area contributed by atoms with Crippen molar-refractivity contribution < 1.29 is 0 Å². The lowest BCUT2D eigenvalue weighted by molar-refractivity contribution is 0.407. The summed E-state index contributed by atoms with van der Waals surface area (Å²) in [6, 6.07) is 6.97. The first kappa shape index (κ1) is 19.1. The van der Waals surface area contributed by atoms with Crippen LogP contribution in [0.25, 0.3) is 16.4 Å². The molecular weight excluding hydrogens is 400 g/mol. The number of aromatic amines is 1. The van der Waals surface area contributed by atoms with Crippen molar-refractivity contribution in [3.05, 3.63) is 40.8 Å². The summed E-state index contributed by atoms with van der Waals surface area (Å²) >= 11 is 6.71. The zero-order valence-electron chi connectivity index (χ0n) is 17.5. The summed E-state index contributed by atoms with van der Waals surface area (Å²) in [7, 11) is 0. The van der Waals surface area contributed by atoms with Gasteiger partial charge in [0.05, 0.1) is 39.0 Å². The third-order valence-corrected chi connectivity index (χ3v) is 5.83. The zero-order valence-corrected chi connectivity index (χ0v) is 18.2. The van der Waals surface area contributed by atoms with E-state index in [0.717, 1.165) is 46.6 Å². The average molecular weight is 425 g/mol. The Balaban J connectivity index is 1.48. The predicted octanol–water partition coefficient (Wildman–Crippen LogP) is 3.81. The summed E-state index contributed by atoms with van der Waals surface area (Å²) in [4.78, 5) is 6.87. The van der Waals surface area contributed by atoms with E-state index in [1.54, 1.807) is 0 Å². The van der Waals surface area contributed by atoms with Gasteiger partial charge < -0.3 is 15.5 Å². The minimum absolute atomic E-state index is 0.429. The van der Waals surface area contributed by atoms with Gasteiger partial charge >= 0.3 is 0 Å². The molecule has 1 aromatic carbocycles. The Kier molecular flexibility index (Phi) is 4.56. The highest BCUT2D eigenvalue weighted by molar-refractivity contribution is 6.36. The third-order valence-electron chi connectivity index (χ3n) is 5.53. The Bertz CT molecular complexity index is 1230. The SMILES string of the molecule is Cc1cn2nc(Nc3n[nH]c4cc(N5C[C@@H](C)N[C@@H](C)C5)cc(Cl)c34)cc2c(C)n1. The van der Waals surface area contributed by atoms with Crippen LogP contribution in [0.1, 0.15) is 25.2 Å². The highest BCUT2D eigenvalue weighted by Crippen LogP contribution is 2.35. The summed E-state index contributed by atoms with van der Waals surface area (Å²) in [6.45, 7) is 10.2. The quantitative estimate of drug-likeness (QED) is 0.463. The first-order valence-electron chi connectivity index (χ1n) is 10.2. The van der Waals surface area contributed by atoms with Gasteiger partial charge in [0.2, 0.25) is 0 Å². The molecule has 0 aliphatic carbocycles. The third kappa shape index (κ3) is 3.36. The van der Waals surface area contributed by atoms with E-state index in [1.807, 2.05) is 36.7 Å². The van der Waals surface area contributed by atoms with Crippen LogP contribution in [0.2, 0.25) is 5.02 Å². The van der Waals surface area contributed by atoms with E-state index in [2.05, 4.69) is 55.7 Å². The van der Waals surface area contributed by atoms with E-state index in [0.29, 0.717) is 28.7 Å². The molecule has 8 nitrogen and oxygen atoms in total. The number of anilines is 3. The smallest absolute Gasteiger partial charge is 0.162 e. The minimum Gasteiger partial charge on any atom is -0.368 e. The molecule has 1 fully saturated rings. The van der Waals surface area contributed by atoms with Gasteiger partial charge in [0.1, 0.15) is 0 Å². The molecule has 30 heavy (non-hydrogen) atoms. The van der Waals surface area contributed by atoms with E-state index in [4.69, 9.17) is 11.6 Å². The average Bonchev–Trinajstić information content (AvgIpc) is 3.25. The lowest BCUT2D eigenvalue weighted by Crippen LogP contribution is -2.54. The van der Waals surface area contributed by atoms with Crippen molar-refractivity contribution in [2.45, 2.75) is 39.8 Å². The number of benzene rings is 1. The Morgan fingerprint density at radius 2 is 1.90 bits per heavy atom. The van der Waals surface area contributed by atoms with Crippen LogP contribution in [-0.2, 0) is 0 Å². The van der Waals surface area contributed by atoms with Gasteiger partial charge in [-0.3, -0.25) is 10.1 Å². The summed E-state index contributed by atoms with van der Waals surface area (Å²) in [5.41, 5.74) is 4.82. The number of rotatable bonds is 3. The number of hydrogen-bond acceptors (Lipinski definition) is 6. The van der Waals surface area contributed by atoms with Gasteiger partial charge in [0.15, 0.2) is 11.6 Å².